The number of ether oxygens (including phenoxy) is 2. The molecule has 136 valence electrons. The third kappa shape index (κ3) is 3.66. The summed E-state index contributed by atoms with van der Waals surface area (Å²) in [5, 5.41) is 6.43. The predicted molar refractivity (Wildman–Crippen MR) is 98.0 cm³/mol. The molecular formula is C20H23N3O3. The molecule has 0 radical (unpaired) electrons. The molecule has 2 aliphatic rings. The minimum Gasteiger partial charge on any atom is -0.454 e. The second-order valence-electron chi connectivity index (χ2n) is 6.50. The Morgan fingerprint density at radius 2 is 1.85 bits per heavy atom. The predicted octanol–water partition coefficient (Wildman–Crippen LogP) is 1.68. The van der Waals surface area contributed by atoms with Crippen LogP contribution in [0.5, 0.6) is 11.5 Å². The van der Waals surface area contributed by atoms with Crippen molar-refractivity contribution in [1.82, 2.24) is 15.5 Å². The highest BCUT2D eigenvalue weighted by molar-refractivity contribution is 5.83. The molecule has 0 aromatic heterocycles. The van der Waals surface area contributed by atoms with Gasteiger partial charge in [-0.3, -0.25) is 9.69 Å². The van der Waals surface area contributed by atoms with Crippen molar-refractivity contribution in [1.29, 1.82) is 0 Å². The van der Waals surface area contributed by atoms with E-state index in [1.165, 1.54) is 0 Å². The fraction of sp³-hybridized carbons (Fsp3) is 0.350. The maximum Gasteiger partial charge on any atom is 0.242 e. The standard InChI is InChI=1S/C20H23N3O3/c24-20(22-13-15-6-7-17-18(12-15)26-14-25-17)19(16-4-2-1-3-5-16)23-10-8-21-9-11-23/h1-7,12,19,21H,8-11,13-14H2,(H,22,24). The molecule has 0 bridgehead atoms. The van der Waals surface area contributed by atoms with Gasteiger partial charge in [0.05, 0.1) is 0 Å². The van der Waals surface area contributed by atoms with Gasteiger partial charge >= 0.3 is 0 Å². The summed E-state index contributed by atoms with van der Waals surface area (Å²) >= 11 is 0. The first-order valence-corrected chi connectivity index (χ1v) is 8.97. The summed E-state index contributed by atoms with van der Waals surface area (Å²) in [6.45, 7) is 4.24. The number of rotatable bonds is 5. The Balaban J connectivity index is 1.47. The van der Waals surface area contributed by atoms with E-state index in [1.54, 1.807) is 0 Å². The second-order valence-corrected chi connectivity index (χ2v) is 6.50. The average Bonchev–Trinajstić information content (AvgIpc) is 3.16. The van der Waals surface area contributed by atoms with E-state index < -0.39 is 0 Å². The van der Waals surface area contributed by atoms with Crippen LogP contribution in [-0.4, -0.2) is 43.8 Å². The lowest BCUT2D eigenvalue weighted by Crippen LogP contribution is -2.49. The van der Waals surface area contributed by atoms with E-state index in [-0.39, 0.29) is 18.7 Å². The van der Waals surface area contributed by atoms with E-state index in [0.29, 0.717) is 6.54 Å². The quantitative estimate of drug-likeness (QED) is 0.856. The van der Waals surface area contributed by atoms with Crippen molar-refractivity contribution in [2.45, 2.75) is 12.6 Å². The second kappa shape index (κ2) is 7.76. The summed E-state index contributed by atoms with van der Waals surface area (Å²) in [4.78, 5) is 15.3. The molecule has 4 rings (SSSR count). The largest absolute Gasteiger partial charge is 0.454 e. The van der Waals surface area contributed by atoms with Gasteiger partial charge in [0.25, 0.3) is 0 Å². The summed E-state index contributed by atoms with van der Waals surface area (Å²) in [6, 6.07) is 15.5. The summed E-state index contributed by atoms with van der Waals surface area (Å²) in [7, 11) is 0. The van der Waals surface area contributed by atoms with Crippen LogP contribution in [0.25, 0.3) is 0 Å². The molecule has 1 amide bonds. The first-order chi connectivity index (χ1) is 12.8. The maximum absolute atomic E-state index is 13.0. The zero-order chi connectivity index (χ0) is 17.8. The van der Waals surface area contributed by atoms with E-state index in [1.807, 2.05) is 48.5 Å². The number of piperazine rings is 1. The van der Waals surface area contributed by atoms with E-state index in [2.05, 4.69) is 15.5 Å². The molecule has 1 saturated heterocycles. The molecule has 6 heteroatoms. The van der Waals surface area contributed by atoms with Crippen molar-refractivity contribution in [2.24, 2.45) is 0 Å². The normalized spacial score (nSPS) is 17.7. The van der Waals surface area contributed by atoms with Crippen LogP contribution in [0.3, 0.4) is 0 Å². The van der Waals surface area contributed by atoms with Crippen LogP contribution < -0.4 is 20.1 Å². The van der Waals surface area contributed by atoms with Gasteiger partial charge in [0, 0.05) is 32.7 Å². The fourth-order valence-electron chi connectivity index (χ4n) is 3.44. The van der Waals surface area contributed by atoms with E-state index in [0.717, 1.165) is 48.8 Å². The van der Waals surface area contributed by atoms with Gasteiger partial charge in [-0.2, -0.15) is 0 Å². The lowest BCUT2D eigenvalue weighted by molar-refractivity contribution is -0.127. The highest BCUT2D eigenvalue weighted by Crippen LogP contribution is 2.32. The molecule has 1 unspecified atom stereocenters. The number of carbonyl (C=O) groups is 1. The summed E-state index contributed by atoms with van der Waals surface area (Å²) < 4.78 is 10.7. The molecule has 2 aliphatic heterocycles. The van der Waals surface area contributed by atoms with Gasteiger partial charge in [0.2, 0.25) is 12.7 Å². The van der Waals surface area contributed by atoms with Crippen LogP contribution in [0.1, 0.15) is 17.2 Å². The molecule has 1 fully saturated rings. The Labute approximate surface area is 153 Å². The molecular weight excluding hydrogens is 330 g/mol. The van der Waals surface area contributed by atoms with E-state index in [4.69, 9.17) is 9.47 Å². The first-order valence-electron chi connectivity index (χ1n) is 8.97. The zero-order valence-corrected chi connectivity index (χ0v) is 14.6. The molecule has 2 aromatic carbocycles. The Hall–Kier alpha value is -2.57. The number of nitrogens with one attached hydrogen (secondary N) is 2. The zero-order valence-electron chi connectivity index (χ0n) is 14.6. The van der Waals surface area contributed by atoms with Gasteiger partial charge in [-0.1, -0.05) is 36.4 Å². The van der Waals surface area contributed by atoms with Gasteiger partial charge in [0.1, 0.15) is 6.04 Å². The van der Waals surface area contributed by atoms with Crippen molar-refractivity contribution in [3.63, 3.8) is 0 Å². The number of hydrogen-bond donors (Lipinski definition) is 2. The highest BCUT2D eigenvalue weighted by Gasteiger charge is 2.28. The monoisotopic (exact) mass is 353 g/mol. The lowest BCUT2D eigenvalue weighted by atomic mass is 10.0. The number of carbonyl (C=O) groups excluding carboxylic acids is 1. The molecule has 0 spiro atoms. The maximum atomic E-state index is 13.0. The number of benzene rings is 2. The van der Waals surface area contributed by atoms with Crippen LogP contribution in [0.15, 0.2) is 48.5 Å². The van der Waals surface area contributed by atoms with Crippen LogP contribution >= 0.6 is 0 Å². The smallest absolute Gasteiger partial charge is 0.242 e. The van der Waals surface area contributed by atoms with Gasteiger partial charge < -0.3 is 20.1 Å². The van der Waals surface area contributed by atoms with Gasteiger partial charge in [-0.15, -0.1) is 0 Å². The van der Waals surface area contributed by atoms with E-state index in [9.17, 15) is 4.79 Å². The van der Waals surface area contributed by atoms with Gasteiger partial charge in [0.15, 0.2) is 11.5 Å². The fourth-order valence-corrected chi connectivity index (χ4v) is 3.44. The van der Waals surface area contributed by atoms with Crippen molar-refractivity contribution in [3.05, 3.63) is 59.7 Å². The molecule has 2 heterocycles. The SMILES string of the molecule is O=C(NCc1ccc2c(c1)OCO2)C(c1ccccc1)N1CCNCC1. The van der Waals surface area contributed by atoms with Crippen molar-refractivity contribution < 1.29 is 14.3 Å². The molecule has 1 atom stereocenters. The van der Waals surface area contributed by atoms with Crippen molar-refractivity contribution in [3.8, 4) is 11.5 Å². The average molecular weight is 353 g/mol. The van der Waals surface area contributed by atoms with Crippen LogP contribution in [-0.2, 0) is 11.3 Å². The molecule has 0 saturated carbocycles. The minimum absolute atomic E-state index is 0.0239. The van der Waals surface area contributed by atoms with Crippen LogP contribution in [0.2, 0.25) is 0 Å². The third-order valence-corrected chi connectivity index (χ3v) is 4.78. The Bertz CT molecular complexity index is 760. The summed E-state index contributed by atoms with van der Waals surface area (Å²) in [5.74, 6) is 1.51. The number of nitrogens with zero attached hydrogens (tertiary/aromatic N) is 1. The number of hydrogen-bond acceptors (Lipinski definition) is 5. The topological polar surface area (TPSA) is 62.8 Å². The highest BCUT2D eigenvalue weighted by atomic mass is 16.7. The number of fused-ring (bicyclic) bond motifs is 1. The molecule has 0 aliphatic carbocycles. The van der Waals surface area contributed by atoms with Crippen molar-refractivity contribution in [2.75, 3.05) is 33.0 Å². The first kappa shape index (κ1) is 16.9. The molecule has 6 nitrogen and oxygen atoms in total. The van der Waals surface area contributed by atoms with Crippen molar-refractivity contribution >= 4 is 5.91 Å². The Morgan fingerprint density at radius 3 is 2.65 bits per heavy atom. The van der Waals surface area contributed by atoms with E-state index >= 15 is 0 Å². The van der Waals surface area contributed by atoms with Gasteiger partial charge in [-0.05, 0) is 23.3 Å². The third-order valence-electron chi connectivity index (χ3n) is 4.78. The lowest BCUT2D eigenvalue weighted by Gasteiger charge is -2.34. The summed E-state index contributed by atoms with van der Waals surface area (Å²) in [5.41, 5.74) is 2.02. The Morgan fingerprint density at radius 1 is 1.08 bits per heavy atom. The molecule has 2 N–H and O–H groups in total. The minimum atomic E-state index is -0.271. The summed E-state index contributed by atoms with van der Waals surface area (Å²) in [6.07, 6.45) is 0. The van der Waals surface area contributed by atoms with Crippen LogP contribution in [0, 0.1) is 0 Å². The Kier molecular flexibility index (Phi) is 5.04. The van der Waals surface area contributed by atoms with Crippen LogP contribution in [0.4, 0.5) is 0 Å². The van der Waals surface area contributed by atoms with Gasteiger partial charge in [-0.25, -0.2) is 0 Å². The number of amides is 1. The molecule has 2 aromatic rings. The molecule has 26 heavy (non-hydrogen) atoms.